The van der Waals surface area contributed by atoms with Gasteiger partial charge in [0, 0.05) is 19.6 Å². The Labute approximate surface area is 189 Å². The van der Waals surface area contributed by atoms with Crippen LogP contribution in [0.4, 0.5) is 22.4 Å². The zero-order valence-electron chi connectivity index (χ0n) is 18.1. The van der Waals surface area contributed by atoms with Crippen LogP contribution < -0.4 is 16.0 Å². The van der Waals surface area contributed by atoms with Gasteiger partial charge in [-0.3, -0.25) is 4.79 Å². The summed E-state index contributed by atoms with van der Waals surface area (Å²) in [6.45, 7) is 0.684. The summed E-state index contributed by atoms with van der Waals surface area (Å²) >= 11 is 0. The summed E-state index contributed by atoms with van der Waals surface area (Å²) in [6, 6.07) is 10.5. The number of rotatable bonds is 7. The van der Waals surface area contributed by atoms with Gasteiger partial charge < -0.3 is 16.0 Å². The van der Waals surface area contributed by atoms with E-state index in [0.29, 0.717) is 13.1 Å². The highest BCUT2D eigenvalue weighted by Crippen LogP contribution is 2.32. The Kier molecular flexibility index (Phi) is 8.30. The molecule has 0 unspecified atom stereocenters. The van der Waals surface area contributed by atoms with E-state index in [-0.39, 0.29) is 29.5 Å². The molecule has 3 rings (SSSR count). The van der Waals surface area contributed by atoms with Crippen LogP contribution in [0.25, 0.3) is 0 Å². The van der Waals surface area contributed by atoms with Crippen LogP contribution in [0.2, 0.25) is 0 Å². The highest BCUT2D eigenvalue weighted by Gasteiger charge is 2.32. The molecule has 3 amide bonds. The Hall–Kier alpha value is -3.10. The summed E-state index contributed by atoms with van der Waals surface area (Å²) < 4.78 is 52.8. The molecule has 178 valence electrons. The average molecular weight is 465 g/mol. The van der Waals surface area contributed by atoms with E-state index in [1.807, 2.05) is 0 Å². The van der Waals surface area contributed by atoms with Crippen molar-refractivity contribution < 1.29 is 27.2 Å². The second-order valence-corrected chi connectivity index (χ2v) is 8.30. The maximum Gasteiger partial charge on any atom is 0.416 e. The number of halogens is 4. The molecule has 0 atom stereocenters. The van der Waals surface area contributed by atoms with Crippen molar-refractivity contribution >= 4 is 11.9 Å². The molecule has 3 N–H and O–H groups in total. The predicted octanol–water partition coefficient (Wildman–Crippen LogP) is 4.88. The number of urea groups is 1. The zero-order chi connectivity index (χ0) is 23.8. The molecule has 0 heterocycles. The Bertz CT molecular complexity index is 957. The molecule has 0 radical (unpaired) electrons. The monoisotopic (exact) mass is 465 g/mol. The van der Waals surface area contributed by atoms with Crippen LogP contribution in [0, 0.1) is 17.7 Å². The molecule has 1 fully saturated rings. The molecule has 1 aliphatic rings. The third-order valence-electron chi connectivity index (χ3n) is 5.95. The van der Waals surface area contributed by atoms with Gasteiger partial charge in [-0.05, 0) is 61.3 Å². The van der Waals surface area contributed by atoms with Crippen molar-refractivity contribution in [2.45, 2.75) is 38.4 Å². The van der Waals surface area contributed by atoms with E-state index in [1.165, 1.54) is 36.4 Å². The van der Waals surface area contributed by atoms with Crippen molar-refractivity contribution in [1.82, 2.24) is 16.0 Å². The fourth-order valence-corrected chi connectivity index (χ4v) is 4.04. The first kappa shape index (κ1) is 24.5. The maximum absolute atomic E-state index is 13.7. The number of nitrogens with one attached hydrogen (secondary N) is 3. The molecule has 0 saturated heterocycles. The molecular weight excluding hydrogens is 438 g/mol. The Balaban J connectivity index is 1.35. The second kappa shape index (κ2) is 11.2. The number of carbonyl (C=O) groups is 2. The minimum Gasteiger partial charge on any atom is -0.352 e. The van der Waals surface area contributed by atoms with Gasteiger partial charge in [-0.2, -0.15) is 13.2 Å². The highest BCUT2D eigenvalue weighted by molar-refractivity contribution is 5.94. The predicted molar refractivity (Wildman–Crippen MR) is 116 cm³/mol. The summed E-state index contributed by atoms with van der Waals surface area (Å²) in [5.41, 5.74) is -0.719. The minimum absolute atomic E-state index is 0.0121. The first-order valence-corrected chi connectivity index (χ1v) is 10.9. The average Bonchev–Trinajstić information content (AvgIpc) is 2.80. The minimum atomic E-state index is -4.47. The van der Waals surface area contributed by atoms with Crippen LogP contribution in [0.3, 0.4) is 0 Å². The molecule has 2 aromatic carbocycles. The Morgan fingerprint density at radius 1 is 0.818 bits per heavy atom. The number of hydrogen-bond donors (Lipinski definition) is 3. The summed E-state index contributed by atoms with van der Waals surface area (Å²) in [4.78, 5) is 24.2. The first-order valence-electron chi connectivity index (χ1n) is 10.9. The summed E-state index contributed by atoms with van der Waals surface area (Å²) in [6.07, 6.45) is -1.02. The van der Waals surface area contributed by atoms with Crippen molar-refractivity contribution in [2.75, 3.05) is 13.1 Å². The SMILES string of the molecule is O=C(NCc1ccccc1C(F)(F)F)NCC1CCC(CNC(=O)c2ccccc2F)CC1. The van der Waals surface area contributed by atoms with Gasteiger partial charge in [-0.15, -0.1) is 0 Å². The van der Waals surface area contributed by atoms with Crippen LogP contribution in [-0.2, 0) is 12.7 Å². The second-order valence-electron chi connectivity index (χ2n) is 8.30. The number of hydrogen-bond acceptors (Lipinski definition) is 2. The number of carbonyl (C=O) groups excluding carboxylic acids is 2. The highest BCUT2D eigenvalue weighted by atomic mass is 19.4. The lowest BCUT2D eigenvalue weighted by Crippen LogP contribution is -2.39. The third-order valence-corrected chi connectivity index (χ3v) is 5.95. The van der Waals surface area contributed by atoms with Gasteiger partial charge in [-0.25, -0.2) is 9.18 Å². The van der Waals surface area contributed by atoms with Gasteiger partial charge in [0.15, 0.2) is 0 Å². The van der Waals surface area contributed by atoms with Crippen molar-refractivity contribution in [1.29, 1.82) is 0 Å². The van der Waals surface area contributed by atoms with Gasteiger partial charge in [0.25, 0.3) is 5.91 Å². The molecule has 0 aromatic heterocycles. The maximum atomic E-state index is 13.7. The molecule has 0 bridgehead atoms. The van der Waals surface area contributed by atoms with Crippen LogP contribution in [0.1, 0.15) is 47.2 Å². The largest absolute Gasteiger partial charge is 0.416 e. The molecule has 9 heteroatoms. The number of amides is 3. The van der Waals surface area contributed by atoms with Crippen molar-refractivity contribution in [3.63, 3.8) is 0 Å². The van der Waals surface area contributed by atoms with E-state index in [9.17, 15) is 27.2 Å². The zero-order valence-corrected chi connectivity index (χ0v) is 18.1. The van der Waals surface area contributed by atoms with E-state index in [2.05, 4.69) is 16.0 Å². The topological polar surface area (TPSA) is 70.2 Å². The van der Waals surface area contributed by atoms with Crippen LogP contribution in [-0.4, -0.2) is 25.0 Å². The lowest BCUT2D eigenvalue weighted by atomic mass is 9.82. The van der Waals surface area contributed by atoms with E-state index in [0.717, 1.165) is 31.7 Å². The van der Waals surface area contributed by atoms with E-state index >= 15 is 0 Å². The number of benzene rings is 2. The van der Waals surface area contributed by atoms with E-state index in [1.54, 1.807) is 6.07 Å². The standard InChI is InChI=1S/C24H27F4N3O2/c25-21-8-4-2-6-19(21)22(32)29-13-16-9-11-17(12-10-16)14-30-23(33)31-15-18-5-1-3-7-20(18)24(26,27)28/h1-8,16-17H,9-15H2,(H,29,32)(H2,30,31,33). The fraction of sp³-hybridized carbons (Fsp3) is 0.417. The molecule has 0 aliphatic heterocycles. The van der Waals surface area contributed by atoms with Crippen LogP contribution in [0.5, 0.6) is 0 Å². The number of alkyl halides is 3. The lowest BCUT2D eigenvalue weighted by molar-refractivity contribution is -0.138. The lowest BCUT2D eigenvalue weighted by Gasteiger charge is -2.28. The fourth-order valence-electron chi connectivity index (χ4n) is 4.04. The summed E-state index contributed by atoms with van der Waals surface area (Å²) in [7, 11) is 0. The smallest absolute Gasteiger partial charge is 0.352 e. The quantitative estimate of drug-likeness (QED) is 0.510. The van der Waals surface area contributed by atoms with Gasteiger partial charge in [0.1, 0.15) is 5.82 Å². The summed E-state index contributed by atoms with van der Waals surface area (Å²) in [5.74, 6) is -0.438. The summed E-state index contributed by atoms with van der Waals surface area (Å²) in [5, 5.41) is 8.00. The van der Waals surface area contributed by atoms with E-state index < -0.39 is 29.5 Å². The van der Waals surface area contributed by atoms with Crippen LogP contribution >= 0.6 is 0 Å². The first-order chi connectivity index (χ1) is 15.7. The normalized spacial score (nSPS) is 18.4. The van der Waals surface area contributed by atoms with Crippen LogP contribution in [0.15, 0.2) is 48.5 Å². The molecule has 0 spiro atoms. The van der Waals surface area contributed by atoms with E-state index in [4.69, 9.17) is 0 Å². The molecule has 2 aromatic rings. The molecular formula is C24H27F4N3O2. The Morgan fingerprint density at radius 2 is 1.39 bits per heavy atom. The molecule has 5 nitrogen and oxygen atoms in total. The molecule has 1 aliphatic carbocycles. The van der Waals surface area contributed by atoms with Crippen molar-refractivity contribution in [3.05, 3.63) is 71.0 Å². The van der Waals surface area contributed by atoms with Gasteiger partial charge in [0.2, 0.25) is 0 Å². The third kappa shape index (κ3) is 7.20. The van der Waals surface area contributed by atoms with Gasteiger partial charge >= 0.3 is 12.2 Å². The van der Waals surface area contributed by atoms with Gasteiger partial charge in [-0.1, -0.05) is 30.3 Å². The van der Waals surface area contributed by atoms with Gasteiger partial charge in [0.05, 0.1) is 11.1 Å². The van der Waals surface area contributed by atoms with Crippen molar-refractivity contribution in [2.24, 2.45) is 11.8 Å². The molecule has 1 saturated carbocycles. The van der Waals surface area contributed by atoms with Crippen molar-refractivity contribution in [3.8, 4) is 0 Å². The molecule has 33 heavy (non-hydrogen) atoms. The Morgan fingerprint density at radius 3 is 2.03 bits per heavy atom.